The van der Waals surface area contributed by atoms with Gasteiger partial charge in [0.25, 0.3) is 0 Å². The fourth-order valence-corrected chi connectivity index (χ4v) is 2.30. The van der Waals surface area contributed by atoms with Crippen LogP contribution in [0.2, 0.25) is 0 Å². The molecule has 0 aliphatic rings. The van der Waals surface area contributed by atoms with E-state index in [1.807, 2.05) is 31.2 Å². The molecule has 0 saturated heterocycles. The molecule has 0 saturated carbocycles. The van der Waals surface area contributed by atoms with E-state index in [9.17, 15) is 0 Å². The first kappa shape index (κ1) is 12.6. The van der Waals surface area contributed by atoms with Gasteiger partial charge in [-0.3, -0.25) is 0 Å². The van der Waals surface area contributed by atoms with Crippen molar-refractivity contribution in [2.24, 2.45) is 7.05 Å². The summed E-state index contributed by atoms with van der Waals surface area (Å²) in [6.07, 6.45) is 8.21. The number of nitrogens with zero attached hydrogens (tertiary/aromatic N) is 2. The fraction of sp³-hybridized carbons (Fsp3) is 0.727. The zero-order chi connectivity index (χ0) is 11.1. The van der Waals surface area contributed by atoms with Gasteiger partial charge in [-0.25, -0.2) is 4.98 Å². The van der Waals surface area contributed by atoms with Crippen molar-refractivity contribution in [3.8, 4) is 0 Å². The summed E-state index contributed by atoms with van der Waals surface area (Å²) in [5, 5.41) is 3.56. The van der Waals surface area contributed by atoms with Crippen LogP contribution in [0.25, 0.3) is 0 Å². The Bertz CT molecular complexity index is 273. The van der Waals surface area contributed by atoms with Crippen LogP contribution < -0.4 is 5.32 Å². The van der Waals surface area contributed by atoms with E-state index < -0.39 is 0 Å². The molecule has 0 amide bonds. The maximum absolute atomic E-state index is 4.30. The van der Waals surface area contributed by atoms with E-state index in [4.69, 9.17) is 0 Å². The number of rotatable bonds is 7. The molecule has 1 heterocycles. The van der Waals surface area contributed by atoms with E-state index in [1.54, 1.807) is 0 Å². The van der Waals surface area contributed by atoms with Crippen LogP contribution in [0.3, 0.4) is 0 Å². The van der Waals surface area contributed by atoms with Crippen molar-refractivity contribution in [3.05, 3.63) is 18.2 Å². The number of nitrogens with one attached hydrogen (secondary N) is 1. The first-order valence-corrected chi connectivity index (χ1v) is 6.85. The Labute approximate surface area is 96.7 Å². The monoisotopic (exact) mass is 227 g/mol. The predicted octanol–water partition coefficient (Wildman–Crippen LogP) is 1.69. The second-order valence-electron chi connectivity index (χ2n) is 3.72. The SMILES string of the molecule is CCC(CSC)NCCc1nccn1C. The topological polar surface area (TPSA) is 29.9 Å². The summed E-state index contributed by atoms with van der Waals surface area (Å²) in [6.45, 7) is 3.25. The second-order valence-corrected chi connectivity index (χ2v) is 4.63. The molecule has 0 aromatic carbocycles. The van der Waals surface area contributed by atoms with Crippen molar-refractivity contribution in [1.29, 1.82) is 0 Å². The lowest BCUT2D eigenvalue weighted by Gasteiger charge is -2.15. The molecule has 0 bridgehead atoms. The van der Waals surface area contributed by atoms with Gasteiger partial charge in [-0.15, -0.1) is 0 Å². The highest BCUT2D eigenvalue weighted by atomic mass is 32.2. The van der Waals surface area contributed by atoms with E-state index >= 15 is 0 Å². The molecular formula is C11H21N3S. The Hall–Kier alpha value is -0.480. The molecule has 4 heteroatoms. The maximum Gasteiger partial charge on any atom is 0.109 e. The first-order valence-electron chi connectivity index (χ1n) is 5.46. The Morgan fingerprint density at radius 3 is 2.93 bits per heavy atom. The molecule has 0 spiro atoms. The number of imidazole rings is 1. The van der Waals surface area contributed by atoms with Crippen molar-refractivity contribution in [2.75, 3.05) is 18.6 Å². The summed E-state index contributed by atoms with van der Waals surface area (Å²) in [5.74, 6) is 2.35. The lowest BCUT2D eigenvalue weighted by Crippen LogP contribution is -2.32. The molecule has 1 unspecified atom stereocenters. The third kappa shape index (κ3) is 4.26. The van der Waals surface area contributed by atoms with E-state index in [0.29, 0.717) is 6.04 Å². The Morgan fingerprint density at radius 2 is 2.40 bits per heavy atom. The number of thioether (sulfide) groups is 1. The van der Waals surface area contributed by atoms with Crippen LogP contribution in [0.15, 0.2) is 12.4 Å². The van der Waals surface area contributed by atoms with Crippen molar-refractivity contribution < 1.29 is 0 Å². The molecule has 0 aliphatic carbocycles. The molecule has 1 aromatic heterocycles. The summed E-state index contributed by atoms with van der Waals surface area (Å²) in [7, 11) is 2.04. The van der Waals surface area contributed by atoms with Gasteiger partial charge in [0.15, 0.2) is 0 Å². The van der Waals surface area contributed by atoms with Crippen molar-refractivity contribution >= 4 is 11.8 Å². The van der Waals surface area contributed by atoms with Crippen LogP contribution in [-0.2, 0) is 13.5 Å². The third-order valence-corrected chi connectivity index (χ3v) is 3.30. The molecule has 1 aromatic rings. The molecule has 1 N–H and O–H groups in total. The number of hydrogen-bond donors (Lipinski definition) is 1. The minimum atomic E-state index is 0.639. The van der Waals surface area contributed by atoms with E-state index in [2.05, 4.69) is 28.0 Å². The molecule has 1 atom stereocenters. The molecule has 1 rings (SSSR count). The van der Waals surface area contributed by atoms with Gasteiger partial charge in [0.05, 0.1) is 0 Å². The summed E-state index contributed by atoms with van der Waals surface area (Å²) in [6, 6.07) is 0.639. The zero-order valence-corrected chi connectivity index (χ0v) is 10.7. The quantitative estimate of drug-likeness (QED) is 0.769. The minimum Gasteiger partial charge on any atom is -0.338 e. The standard InChI is InChI=1S/C11H21N3S/c1-4-10(9-15-3)12-6-5-11-13-7-8-14(11)2/h7-8,10,12H,4-6,9H2,1-3H3. The molecule has 86 valence electrons. The molecule has 0 aliphatic heterocycles. The Balaban J connectivity index is 2.23. The van der Waals surface area contributed by atoms with Crippen molar-refractivity contribution in [1.82, 2.24) is 14.9 Å². The van der Waals surface area contributed by atoms with E-state index in [0.717, 1.165) is 18.8 Å². The highest BCUT2D eigenvalue weighted by Gasteiger charge is 2.04. The van der Waals surface area contributed by atoms with Crippen LogP contribution in [-0.4, -0.2) is 34.1 Å². The van der Waals surface area contributed by atoms with Crippen molar-refractivity contribution in [2.45, 2.75) is 25.8 Å². The van der Waals surface area contributed by atoms with Gasteiger partial charge in [0, 0.05) is 44.2 Å². The predicted molar refractivity (Wildman–Crippen MR) is 67.4 cm³/mol. The van der Waals surface area contributed by atoms with Crippen LogP contribution in [0, 0.1) is 0 Å². The summed E-state index contributed by atoms with van der Waals surface area (Å²) >= 11 is 1.90. The molecule has 0 fully saturated rings. The maximum atomic E-state index is 4.30. The van der Waals surface area contributed by atoms with E-state index in [-0.39, 0.29) is 0 Å². The summed E-state index contributed by atoms with van der Waals surface area (Å²) < 4.78 is 2.08. The van der Waals surface area contributed by atoms with Gasteiger partial charge in [-0.2, -0.15) is 11.8 Å². The number of aryl methyl sites for hydroxylation is 1. The summed E-state index contributed by atoms with van der Waals surface area (Å²) in [5.41, 5.74) is 0. The largest absolute Gasteiger partial charge is 0.338 e. The van der Waals surface area contributed by atoms with Crippen LogP contribution in [0.4, 0.5) is 0 Å². The Kier molecular flexibility index (Phi) is 5.79. The van der Waals surface area contributed by atoms with Gasteiger partial charge < -0.3 is 9.88 Å². The summed E-state index contributed by atoms with van der Waals surface area (Å²) in [4.78, 5) is 4.30. The van der Waals surface area contributed by atoms with Gasteiger partial charge >= 0.3 is 0 Å². The third-order valence-electron chi connectivity index (χ3n) is 2.56. The van der Waals surface area contributed by atoms with Gasteiger partial charge in [0.2, 0.25) is 0 Å². The second kappa shape index (κ2) is 6.90. The lowest BCUT2D eigenvalue weighted by molar-refractivity contribution is 0.536. The lowest BCUT2D eigenvalue weighted by atomic mass is 10.2. The average molecular weight is 227 g/mol. The van der Waals surface area contributed by atoms with Crippen LogP contribution >= 0.6 is 11.8 Å². The smallest absolute Gasteiger partial charge is 0.109 e. The molecule has 15 heavy (non-hydrogen) atoms. The van der Waals surface area contributed by atoms with Gasteiger partial charge in [-0.1, -0.05) is 6.92 Å². The molecule has 0 radical (unpaired) electrons. The van der Waals surface area contributed by atoms with Gasteiger partial charge in [0.1, 0.15) is 5.82 Å². The van der Waals surface area contributed by atoms with Crippen molar-refractivity contribution in [3.63, 3.8) is 0 Å². The minimum absolute atomic E-state index is 0.639. The van der Waals surface area contributed by atoms with Gasteiger partial charge in [-0.05, 0) is 12.7 Å². The Morgan fingerprint density at radius 1 is 1.60 bits per heavy atom. The van der Waals surface area contributed by atoms with Crippen LogP contribution in [0.1, 0.15) is 19.2 Å². The average Bonchev–Trinajstić information content (AvgIpc) is 2.63. The highest BCUT2D eigenvalue weighted by molar-refractivity contribution is 7.98. The molecule has 3 nitrogen and oxygen atoms in total. The number of hydrogen-bond acceptors (Lipinski definition) is 3. The van der Waals surface area contributed by atoms with Crippen LogP contribution in [0.5, 0.6) is 0 Å². The fourth-order valence-electron chi connectivity index (χ4n) is 1.55. The van der Waals surface area contributed by atoms with E-state index in [1.165, 1.54) is 12.2 Å². The first-order chi connectivity index (χ1) is 7.27. The highest BCUT2D eigenvalue weighted by Crippen LogP contribution is 2.01. The molecular weight excluding hydrogens is 206 g/mol. The number of aromatic nitrogens is 2. The normalized spacial score (nSPS) is 13.0. The zero-order valence-electron chi connectivity index (χ0n) is 9.86.